The number of carbonyl (C=O) groups excluding carboxylic acids is 4. The van der Waals surface area contributed by atoms with Crippen molar-refractivity contribution in [1.29, 1.82) is 0 Å². The van der Waals surface area contributed by atoms with E-state index in [2.05, 4.69) is 201 Å². The second-order valence-corrected chi connectivity index (χ2v) is 30.6. The molecule has 0 spiro atoms. The van der Waals surface area contributed by atoms with Gasteiger partial charge in [0.05, 0.1) is 13.0 Å². The van der Waals surface area contributed by atoms with E-state index in [1.807, 2.05) is 26.0 Å². The quantitative estimate of drug-likeness (QED) is 0.131. The second-order valence-electron chi connectivity index (χ2n) is 30.6. The van der Waals surface area contributed by atoms with Gasteiger partial charge in [0.1, 0.15) is 6.10 Å². The smallest absolute Gasteiger partial charge is 0.308 e. The summed E-state index contributed by atoms with van der Waals surface area (Å²) >= 11 is 0. The van der Waals surface area contributed by atoms with Crippen LogP contribution < -0.4 is 0 Å². The van der Waals surface area contributed by atoms with Gasteiger partial charge in [-0.05, 0) is 276 Å². The molecule has 0 bridgehead atoms. The van der Waals surface area contributed by atoms with Crippen LogP contribution in [0.3, 0.4) is 0 Å². The van der Waals surface area contributed by atoms with Crippen molar-refractivity contribution in [3.8, 4) is 0 Å². The highest BCUT2D eigenvalue weighted by Crippen LogP contribution is 2.50. The molecular formula is C90H118N2O6. The zero-order valence-electron chi connectivity index (χ0n) is 62.3. The van der Waals surface area contributed by atoms with E-state index in [0.29, 0.717) is 59.3 Å². The summed E-state index contributed by atoms with van der Waals surface area (Å²) < 4.78 is 10.8. The molecule has 12 unspecified atom stereocenters. The fourth-order valence-corrected chi connectivity index (χ4v) is 18.7. The molecule has 12 atom stereocenters. The molecule has 2 amide bonds. The van der Waals surface area contributed by atoms with Crippen LogP contribution in [0.4, 0.5) is 0 Å². The summed E-state index contributed by atoms with van der Waals surface area (Å²) in [5, 5.41) is 0. The number of ether oxygens (including phenoxy) is 2. The molecule has 0 radical (unpaired) electrons. The number of hydrogen-bond donors (Lipinski definition) is 0. The van der Waals surface area contributed by atoms with Crippen LogP contribution in [0, 0.1) is 63.2 Å². The van der Waals surface area contributed by atoms with Gasteiger partial charge >= 0.3 is 11.9 Å². The Morgan fingerprint density at radius 3 is 1.01 bits per heavy atom. The summed E-state index contributed by atoms with van der Waals surface area (Å²) in [5.74, 6) is 4.55. The van der Waals surface area contributed by atoms with Crippen LogP contribution >= 0.6 is 0 Å². The minimum Gasteiger partial charge on any atom is -0.469 e. The molecule has 4 aromatic rings. The Balaban J connectivity index is 0.000000153. The lowest BCUT2D eigenvalue weighted by atomic mass is 9.67. The highest BCUT2D eigenvalue weighted by Gasteiger charge is 2.40. The minimum absolute atomic E-state index is 0.0181. The Hall–Kier alpha value is -7.32. The normalized spacial score (nSPS) is 26.9. The standard InChI is InChI=1S/2C23H31NO.2C22H28O2/c1-16-9-5-7-11-21(16)18-13-19(22-12-8-6-10-17(22)2)15-20(14-18)23(25)24(3)4;1-16-9-5-7-11-22(16)19-13-20(23-12-8-6-10-17(23)2)15-21(14-19)24(4)18(3)25;1-15-8-4-6-10-20(15)17-12-18(14-19(13-17)22(23)24-3)21-11-7-5-9-16(21)2;1-15-8-4-6-10-21(15)18-12-19(14-20(13-18)24-17(3)23)22-11-7-5-9-16(22)2/h5-7,9-11,18-20H,8,12-15H2,1-4H3;5-7,9-11,19-21H,8,12-15H2,1-4H3;4-6,8-10,17-19H,7,11-14H2,1-3H3;4-6,8-10,18-20H,7,11-14H2,1-3H3. The van der Waals surface area contributed by atoms with Crippen molar-refractivity contribution < 1.29 is 28.7 Å². The van der Waals surface area contributed by atoms with E-state index >= 15 is 0 Å². The summed E-state index contributed by atoms with van der Waals surface area (Å²) in [7, 11) is 7.28. The van der Waals surface area contributed by atoms with Gasteiger partial charge in [0.15, 0.2) is 0 Å². The number of methoxy groups -OCH3 is 1. The van der Waals surface area contributed by atoms with Gasteiger partial charge in [0.2, 0.25) is 11.8 Å². The van der Waals surface area contributed by atoms with Crippen molar-refractivity contribution in [3.63, 3.8) is 0 Å². The van der Waals surface area contributed by atoms with Crippen molar-refractivity contribution in [2.24, 2.45) is 35.5 Å². The molecule has 8 heteroatoms. The van der Waals surface area contributed by atoms with Crippen LogP contribution in [-0.4, -0.2) is 74.0 Å². The van der Waals surface area contributed by atoms with E-state index in [4.69, 9.17) is 9.47 Å². The molecule has 0 saturated heterocycles. The number of rotatable bonds is 12. The van der Waals surface area contributed by atoms with E-state index in [1.54, 1.807) is 34.1 Å². The highest BCUT2D eigenvalue weighted by atomic mass is 16.5. The average Bonchev–Trinajstić information content (AvgIpc) is 0.818. The fourth-order valence-electron chi connectivity index (χ4n) is 18.7. The summed E-state index contributed by atoms with van der Waals surface area (Å²) in [6.45, 7) is 21.0. The van der Waals surface area contributed by atoms with Crippen molar-refractivity contribution in [3.05, 3.63) is 235 Å². The van der Waals surface area contributed by atoms with Gasteiger partial charge in [-0.1, -0.05) is 190 Å². The molecule has 8 nitrogen and oxygen atoms in total. The second kappa shape index (κ2) is 35.6. The van der Waals surface area contributed by atoms with Gasteiger partial charge in [0, 0.05) is 47.0 Å². The number of carbonyl (C=O) groups is 4. The largest absolute Gasteiger partial charge is 0.469 e. The summed E-state index contributed by atoms with van der Waals surface area (Å²) in [4.78, 5) is 52.3. The topological polar surface area (TPSA) is 93.2 Å². The minimum atomic E-state index is -0.154. The van der Waals surface area contributed by atoms with Crippen LogP contribution in [0.1, 0.15) is 238 Å². The molecule has 98 heavy (non-hydrogen) atoms. The zero-order valence-corrected chi connectivity index (χ0v) is 62.3. The van der Waals surface area contributed by atoms with Crippen LogP contribution in [0.5, 0.6) is 0 Å². The third-order valence-corrected chi connectivity index (χ3v) is 23.8. The van der Waals surface area contributed by atoms with Crippen LogP contribution in [0.15, 0.2) is 190 Å². The molecule has 0 heterocycles. The van der Waals surface area contributed by atoms with Crippen molar-refractivity contribution in [2.75, 3.05) is 28.3 Å². The summed E-state index contributed by atoms with van der Waals surface area (Å²) in [6.07, 6.45) is 40.1. The Kier molecular flexibility index (Phi) is 27.2. The molecule has 0 N–H and O–H groups in total. The van der Waals surface area contributed by atoms with Crippen LogP contribution in [-0.2, 0) is 28.7 Å². The van der Waals surface area contributed by atoms with E-state index < -0.39 is 0 Å². The van der Waals surface area contributed by atoms with Crippen molar-refractivity contribution in [2.45, 2.75) is 233 Å². The first-order valence-corrected chi connectivity index (χ1v) is 37.4. The predicted octanol–water partition coefficient (Wildman–Crippen LogP) is 21.5. The third kappa shape index (κ3) is 19.6. The van der Waals surface area contributed by atoms with E-state index in [1.165, 1.54) is 107 Å². The lowest BCUT2D eigenvalue weighted by Crippen LogP contribution is -2.41. The zero-order chi connectivity index (χ0) is 70.2. The van der Waals surface area contributed by atoms with Crippen LogP contribution in [0.25, 0.3) is 0 Å². The van der Waals surface area contributed by atoms with Gasteiger partial charge in [-0.3, -0.25) is 19.2 Å². The summed E-state index contributed by atoms with van der Waals surface area (Å²) in [5.41, 5.74) is 23.2. The molecule has 0 aromatic heterocycles. The maximum atomic E-state index is 12.8. The maximum Gasteiger partial charge on any atom is 0.308 e. The van der Waals surface area contributed by atoms with Gasteiger partial charge in [-0.2, -0.15) is 0 Å². The Labute approximate surface area is 591 Å². The first kappa shape index (κ1) is 74.9. The van der Waals surface area contributed by atoms with E-state index in [0.717, 1.165) is 103 Å². The Morgan fingerprint density at radius 1 is 0.378 bits per heavy atom. The molecule has 8 aliphatic rings. The molecule has 12 rings (SSSR count). The molecule has 8 aliphatic carbocycles. The number of nitrogens with zero attached hydrogens (tertiary/aromatic N) is 2. The van der Waals surface area contributed by atoms with Gasteiger partial charge < -0.3 is 19.3 Å². The first-order chi connectivity index (χ1) is 47.1. The lowest BCUT2D eigenvalue weighted by molar-refractivity contribution is -0.149. The lowest BCUT2D eigenvalue weighted by Gasteiger charge is -2.41. The van der Waals surface area contributed by atoms with Crippen LogP contribution in [0.2, 0.25) is 0 Å². The number of esters is 2. The van der Waals surface area contributed by atoms with Gasteiger partial charge in [-0.25, -0.2) is 0 Å². The third-order valence-electron chi connectivity index (χ3n) is 23.8. The molecule has 4 fully saturated rings. The Morgan fingerprint density at radius 2 is 0.673 bits per heavy atom. The molecule has 0 aliphatic heterocycles. The monoisotopic (exact) mass is 1320 g/mol. The molecular weight excluding hydrogens is 1200 g/mol. The highest BCUT2D eigenvalue weighted by molar-refractivity contribution is 5.78. The average molecular weight is 1320 g/mol. The van der Waals surface area contributed by atoms with Crippen molar-refractivity contribution in [1.82, 2.24) is 9.80 Å². The van der Waals surface area contributed by atoms with Gasteiger partial charge in [-0.15, -0.1) is 0 Å². The predicted molar refractivity (Wildman–Crippen MR) is 405 cm³/mol. The number of hydrogen-bond acceptors (Lipinski definition) is 6. The number of benzene rings is 4. The van der Waals surface area contributed by atoms with E-state index in [9.17, 15) is 19.2 Å². The molecule has 4 aromatic carbocycles. The van der Waals surface area contributed by atoms with E-state index in [-0.39, 0.29) is 35.8 Å². The molecule has 4 saturated carbocycles. The van der Waals surface area contributed by atoms with Crippen molar-refractivity contribution >= 4 is 23.8 Å². The van der Waals surface area contributed by atoms with Gasteiger partial charge in [0.25, 0.3) is 0 Å². The first-order valence-electron chi connectivity index (χ1n) is 37.4. The molecule has 524 valence electrons. The summed E-state index contributed by atoms with van der Waals surface area (Å²) in [6, 6.07) is 35.1. The Bertz CT molecular complexity index is 3690. The fraction of sp³-hybridized carbons (Fsp3) is 0.511. The number of amides is 2. The number of allylic oxidation sites excluding steroid dienone is 16. The SMILES string of the molecule is CC(=O)N(C)C1CC(C2=C(C)C=CCC2)CC(c2ccccc2C)C1.CC(=O)OC1CC(C2=C(C)C=CCC2)CC(c2ccccc2C)C1.CC1=C(C2CC(C(=O)N(C)C)CC(c3ccccc3C)C2)CCC=C1.COC(=O)C1CC(C2=C(C)C=CCC2)CC(c2ccccc2C)C1. The number of aryl methyl sites for hydroxylation is 4. The maximum absolute atomic E-state index is 12.8.